The summed E-state index contributed by atoms with van der Waals surface area (Å²) in [5.74, 6) is 0.186. The Labute approximate surface area is 151 Å². The minimum atomic E-state index is -4.50. The van der Waals surface area contributed by atoms with Crippen molar-refractivity contribution in [3.8, 4) is 11.6 Å². The molecule has 4 rings (SSSR count). The number of alkyl halides is 3. The van der Waals surface area contributed by atoms with E-state index in [1.807, 2.05) is 19.0 Å². The van der Waals surface area contributed by atoms with Gasteiger partial charge in [-0.1, -0.05) is 0 Å². The van der Waals surface area contributed by atoms with Gasteiger partial charge in [0.1, 0.15) is 17.0 Å². The molecular formula is C17H15F3N6O. The Morgan fingerprint density at radius 3 is 2.56 bits per heavy atom. The van der Waals surface area contributed by atoms with Crippen molar-refractivity contribution >= 4 is 16.7 Å². The third kappa shape index (κ3) is 3.01. The highest BCUT2D eigenvalue weighted by Crippen LogP contribution is 2.36. The van der Waals surface area contributed by atoms with Crippen molar-refractivity contribution < 1.29 is 17.6 Å². The summed E-state index contributed by atoms with van der Waals surface area (Å²) in [7, 11) is 3.67. The van der Waals surface area contributed by atoms with Crippen molar-refractivity contribution in [1.82, 2.24) is 29.5 Å². The molecule has 4 aromatic heterocycles. The molecule has 0 amide bonds. The predicted octanol–water partition coefficient (Wildman–Crippen LogP) is 3.32. The van der Waals surface area contributed by atoms with Crippen molar-refractivity contribution in [2.45, 2.75) is 19.6 Å². The zero-order chi connectivity index (χ0) is 19.3. The zero-order valence-corrected chi connectivity index (χ0v) is 14.7. The fourth-order valence-corrected chi connectivity index (χ4v) is 3.08. The van der Waals surface area contributed by atoms with E-state index in [9.17, 15) is 13.2 Å². The number of hydrogen-bond acceptors (Lipinski definition) is 6. The number of fused-ring (bicyclic) bond motifs is 3. The highest BCUT2D eigenvalue weighted by molar-refractivity contribution is 5.85. The SMILES string of the molecule is Cc1cc(C(F)(F)F)c2cc(CN(C)C)c3nc(-c4nnco4)cn3c2n1. The molecule has 4 heterocycles. The highest BCUT2D eigenvalue weighted by Gasteiger charge is 2.34. The van der Waals surface area contributed by atoms with Gasteiger partial charge in [0, 0.05) is 29.4 Å². The molecule has 0 bridgehead atoms. The fraction of sp³-hybridized carbons (Fsp3) is 0.294. The molecule has 0 radical (unpaired) electrons. The van der Waals surface area contributed by atoms with Crippen LogP contribution in [0.5, 0.6) is 0 Å². The predicted molar refractivity (Wildman–Crippen MR) is 90.9 cm³/mol. The summed E-state index contributed by atoms with van der Waals surface area (Å²) in [5.41, 5.74) is 1.23. The molecule has 0 N–H and O–H groups in total. The topological polar surface area (TPSA) is 72.4 Å². The van der Waals surface area contributed by atoms with Crippen molar-refractivity contribution in [3.63, 3.8) is 0 Å². The molecule has 0 aliphatic rings. The molecule has 140 valence electrons. The molecule has 0 aliphatic carbocycles. The normalized spacial score (nSPS) is 12.6. The smallest absolute Gasteiger partial charge is 0.417 e. The molecule has 0 spiro atoms. The van der Waals surface area contributed by atoms with Gasteiger partial charge in [0.05, 0.1) is 5.56 Å². The lowest BCUT2D eigenvalue weighted by atomic mass is 10.1. The van der Waals surface area contributed by atoms with Gasteiger partial charge in [0.25, 0.3) is 5.89 Å². The van der Waals surface area contributed by atoms with Gasteiger partial charge in [-0.25, -0.2) is 9.97 Å². The Kier molecular flexibility index (Phi) is 3.88. The summed E-state index contributed by atoms with van der Waals surface area (Å²) in [6, 6.07) is 2.56. The first-order chi connectivity index (χ1) is 12.7. The van der Waals surface area contributed by atoms with Gasteiger partial charge in [-0.15, -0.1) is 10.2 Å². The van der Waals surface area contributed by atoms with Gasteiger partial charge in [-0.3, -0.25) is 4.40 Å². The molecule has 0 saturated heterocycles. The first-order valence-corrected chi connectivity index (χ1v) is 8.05. The summed E-state index contributed by atoms with van der Waals surface area (Å²) in [4.78, 5) is 10.7. The van der Waals surface area contributed by atoms with Gasteiger partial charge >= 0.3 is 6.18 Å². The average Bonchev–Trinajstić information content (AvgIpc) is 3.22. The third-order valence-electron chi connectivity index (χ3n) is 4.08. The monoisotopic (exact) mass is 376 g/mol. The van der Waals surface area contributed by atoms with Crippen molar-refractivity contribution in [2.75, 3.05) is 14.1 Å². The summed E-state index contributed by atoms with van der Waals surface area (Å²) < 4.78 is 47.6. The maximum absolute atomic E-state index is 13.6. The number of hydrogen-bond donors (Lipinski definition) is 0. The first kappa shape index (κ1) is 17.4. The second-order valence-electron chi connectivity index (χ2n) is 6.52. The molecule has 7 nitrogen and oxygen atoms in total. The largest absolute Gasteiger partial charge is 0.422 e. The van der Waals surface area contributed by atoms with Gasteiger partial charge in [0.15, 0.2) is 0 Å². The van der Waals surface area contributed by atoms with E-state index in [1.165, 1.54) is 19.4 Å². The minimum Gasteiger partial charge on any atom is -0.422 e. The maximum atomic E-state index is 13.6. The van der Waals surface area contributed by atoms with Crippen LogP contribution in [0.2, 0.25) is 0 Å². The molecule has 0 unspecified atom stereocenters. The van der Waals surface area contributed by atoms with Gasteiger partial charge in [-0.05, 0) is 33.2 Å². The fourth-order valence-electron chi connectivity index (χ4n) is 3.08. The van der Waals surface area contributed by atoms with E-state index in [-0.39, 0.29) is 22.6 Å². The van der Waals surface area contributed by atoms with Crippen molar-refractivity contribution in [1.29, 1.82) is 0 Å². The lowest BCUT2D eigenvalue weighted by Crippen LogP contribution is -2.13. The maximum Gasteiger partial charge on any atom is 0.417 e. The van der Waals surface area contributed by atoms with Crippen LogP contribution in [0.3, 0.4) is 0 Å². The van der Waals surface area contributed by atoms with Gasteiger partial charge < -0.3 is 9.32 Å². The number of halogens is 3. The van der Waals surface area contributed by atoms with Crippen LogP contribution in [0.25, 0.3) is 28.3 Å². The van der Waals surface area contributed by atoms with Crippen LogP contribution < -0.4 is 0 Å². The Morgan fingerprint density at radius 2 is 1.93 bits per heavy atom. The molecular weight excluding hydrogens is 361 g/mol. The van der Waals surface area contributed by atoms with Crippen LogP contribution in [0, 0.1) is 6.92 Å². The second kappa shape index (κ2) is 6.02. The van der Waals surface area contributed by atoms with E-state index in [2.05, 4.69) is 20.2 Å². The number of nitrogens with zero attached hydrogens (tertiary/aromatic N) is 6. The second-order valence-corrected chi connectivity index (χ2v) is 6.52. The van der Waals surface area contributed by atoms with Gasteiger partial charge in [0.2, 0.25) is 6.39 Å². The van der Waals surface area contributed by atoms with Crippen LogP contribution in [0.1, 0.15) is 16.8 Å². The third-order valence-corrected chi connectivity index (χ3v) is 4.08. The van der Waals surface area contributed by atoms with Crippen LogP contribution in [-0.2, 0) is 12.7 Å². The Bertz CT molecular complexity index is 1130. The summed E-state index contributed by atoms with van der Waals surface area (Å²) in [6.07, 6.45) is -1.76. The Balaban J connectivity index is 2.11. The van der Waals surface area contributed by atoms with Gasteiger partial charge in [-0.2, -0.15) is 13.2 Å². The number of aryl methyl sites for hydroxylation is 1. The van der Waals surface area contributed by atoms with E-state index in [4.69, 9.17) is 4.42 Å². The summed E-state index contributed by atoms with van der Waals surface area (Å²) in [6.45, 7) is 1.94. The summed E-state index contributed by atoms with van der Waals surface area (Å²) >= 11 is 0. The molecule has 4 aromatic rings. The average molecular weight is 376 g/mol. The lowest BCUT2D eigenvalue weighted by molar-refractivity contribution is -0.136. The van der Waals surface area contributed by atoms with Crippen LogP contribution >= 0.6 is 0 Å². The van der Waals surface area contributed by atoms with E-state index < -0.39 is 11.7 Å². The number of aromatic nitrogens is 5. The Morgan fingerprint density at radius 1 is 1.15 bits per heavy atom. The molecule has 0 aliphatic heterocycles. The molecule has 10 heteroatoms. The van der Waals surface area contributed by atoms with E-state index in [0.717, 1.165) is 6.07 Å². The molecule has 0 fully saturated rings. The van der Waals surface area contributed by atoms with E-state index in [1.54, 1.807) is 10.6 Å². The lowest BCUT2D eigenvalue weighted by Gasteiger charge is -2.16. The standard InChI is InChI=1S/C17H15F3N6O/c1-9-4-12(17(18,19)20)11-5-10(6-25(2)3)14-23-13(16-24-21-8-27-16)7-26(14)15(11)22-9/h4-5,7-8H,6H2,1-3H3. The zero-order valence-electron chi connectivity index (χ0n) is 14.7. The first-order valence-electron chi connectivity index (χ1n) is 8.05. The van der Waals surface area contributed by atoms with Crippen LogP contribution in [-0.4, -0.2) is 43.6 Å². The quantitative estimate of drug-likeness (QED) is 0.546. The minimum absolute atomic E-state index is 0.0203. The number of rotatable bonds is 3. The number of imidazole rings is 1. The molecule has 0 saturated carbocycles. The van der Waals surface area contributed by atoms with Crippen LogP contribution in [0.15, 0.2) is 29.1 Å². The number of pyridine rings is 2. The van der Waals surface area contributed by atoms with Crippen molar-refractivity contribution in [3.05, 3.63) is 41.5 Å². The molecule has 0 atom stereocenters. The highest BCUT2D eigenvalue weighted by atomic mass is 19.4. The van der Waals surface area contributed by atoms with Crippen LogP contribution in [0.4, 0.5) is 13.2 Å². The van der Waals surface area contributed by atoms with E-state index in [0.29, 0.717) is 23.4 Å². The van der Waals surface area contributed by atoms with E-state index >= 15 is 0 Å². The summed E-state index contributed by atoms with van der Waals surface area (Å²) in [5, 5.41) is 7.47. The Hall–Kier alpha value is -3.01. The van der Waals surface area contributed by atoms with Crippen molar-refractivity contribution in [2.24, 2.45) is 0 Å². The molecule has 27 heavy (non-hydrogen) atoms. The molecule has 0 aromatic carbocycles.